The van der Waals surface area contributed by atoms with Crippen LogP contribution in [0.2, 0.25) is 0 Å². The van der Waals surface area contributed by atoms with E-state index in [0.29, 0.717) is 0 Å². The molecule has 0 aromatic rings. The summed E-state index contributed by atoms with van der Waals surface area (Å²) in [4.78, 5) is 0. The molecule has 2 unspecified atom stereocenters. The first kappa shape index (κ1) is 9.85. The van der Waals surface area contributed by atoms with Crippen LogP contribution in [0.4, 0.5) is 0 Å². The normalized spacial score (nSPS) is 44.8. The van der Waals surface area contributed by atoms with Gasteiger partial charge in [0.2, 0.25) is 0 Å². The summed E-state index contributed by atoms with van der Waals surface area (Å²) in [6.07, 6.45) is -6.75. The fraction of sp³-hybridized carbons (Fsp3) is 1.00. The summed E-state index contributed by atoms with van der Waals surface area (Å²) < 4.78 is 4.58. The Kier molecular flexibility index (Phi) is 2.99. The number of ether oxygens (including phenoxy) is 1. The zero-order valence-corrected chi connectivity index (χ0v) is 6.24. The van der Waals surface area contributed by atoms with E-state index in [9.17, 15) is 0 Å². The van der Waals surface area contributed by atoms with Crippen LogP contribution in [0, 0.1) is 0 Å². The molecule has 0 bridgehead atoms. The summed E-state index contributed by atoms with van der Waals surface area (Å²) >= 11 is 0. The van der Waals surface area contributed by atoms with Gasteiger partial charge >= 0.3 is 0 Å². The van der Waals surface area contributed by atoms with Gasteiger partial charge in [-0.2, -0.15) is 0 Å². The van der Waals surface area contributed by atoms with Crippen LogP contribution >= 0.6 is 0 Å². The number of hydrogen-bond donors (Lipinski definition) is 5. The van der Waals surface area contributed by atoms with Crippen molar-refractivity contribution in [2.75, 3.05) is 6.61 Å². The molecule has 12 heavy (non-hydrogen) atoms. The van der Waals surface area contributed by atoms with Gasteiger partial charge in [0.15, 0.2) is 6.29 Å². The van der Waals surface area contributed by atoms with Crippen molar-refractivity contribution in [1.29, 1.82) is 0 Å². The van der Waals surface area contributed by atoms with Crippen molar-refractivity contribution < 1.29 is 30.3 Å². The fourth-order valence-electron chi connectivity index (χ4n) is 1.11. The highest BCUT2D eigenvalue weighted by Gasteiger charge is 2.44. The molecule has 0 radical (unpaired) electrons. The van der Waals surface area contributed by atoms with Gasteiger partial charge in [-0.3, -0.25) is 0 Å². The van der Waals surface area contributed by atoms with E-state index in [-0.39, 0.29) is 0 Å². The van der Waals surface area contributed by atoms with Crippen LogP contribution in [0.25, 0.3) is 0 Å². The topological polar surface area (TPSA) is 110 Å². The van der Waals surface area contributed by atoms with Crippen LogP contribution in [0.5, 0.6) is 0 Å². The SMILES string of the molecule is OC[C@H](O)C1O[C@@H](O)C(O)[C@@H]1O. The Hall–Kier alpha value is -0.240. The first-order valence-electron chi connectivity index (χ1n) is 3.56. The highest BCUT2D eigenvalue weighted by molar-refractivity contribution is 4.89. The average molecular weight is 180 g/mol. The molecule has 1 heterocycles. The van der Waals surface area contributed by atoms with Crippen molar-refractivity contribution in [2.45, 2.75) is 30.7 Å². The lowest BCUT2D eigenvalue weighted by atomic mass is 10.1. The minimum atomic E-state index is -1.51. The first-order chi connectivity index (χ1) is 5.57. The molecule has 0 aliphatic carbocycles. The molecular formula is C6H12O6. The molecule has 72 valence electrons. The quantitative estimate of drug-likeness (QED) is 0.306. The van der Waals surface area contributed by atoms with Crippen molar-refractivity contribution in [1.82, 2.24) is 0 Å². The summed E-state index contributed by atoms with van der Waals surface area (Å²) in [6, 6.07) is 0. The van der Waals surface area contributed by atoms with Crippen molar-refractivity contribution in [3.63, 3.8) is 0 Å². The second-order valence-electron chi connectivity index (χ2n) is 2.72. The van der Waals surface area contributed by atoms with Gasteiger partial charge in [-0.15, -0.1) is 0 Å². The van der Waals surface area contributed by atoms with Gasteiger partial charge in [0.05, 0.1) is 6.61 Å². The van der Waals surface area contributed by atoms with Gasteiger partial charge in [0, 0.05) is 0 Å². The summed E-state index contributed by atoms with van der Waals surface area (Å²) in [6.45, 7) is -0.596. The van der Waals surface area contributed by atoms with E-state index in [1.165, 1.54) is 0 Å². The van der Waals surface area contributed by atoms with Gasteiger partial charge < -0.3 is 30.3 Å². The molecule has 1 saturated heterocycles. The molecule has 1 aliphatic rings. The maximum absolute atomic E-state index is 9.12. The lowest BCUT2D eigenvalue weighted by Gasteiger charge is -2.18. The molecular weight excluding hydrogens is 168 g/mol. The number of aliphatic hydroxyl groups is 5. The molecule has 6 nitrogen and oxygen atoms in total. The Bertz CT molecular complexity index is 151. The summed E-state index contributed by atoms with van der Waals surface area (Å²) in [7, 11) is 0. The van der Waals surface area contributed by atoms with Crippen LogP contribution in [0.3, 0.4) is 0 Å². The smallest absolute Gasteiger partial charge is 0.184 e. The molecule has 0 aromatic carbocycles. The third-order valence-corrected chi connectivity index (χ3v) is 1.84. The van der Waals surface area contributed by atoms with Crippen molar-refractivity contribution in [3.8, 4) is 0 Å². The highest BCUT2D eigenvalue weighted by Crippen LogP contribution is 2.21. The van der Waals surface area contributed by atoms with Crippen LogP contribution < -0.4 is 0 Å². The van der Waals surface area contributed by atoms with Crippen LogP contribution in [0.1, 0.15) is 0 Å². The fourth-order valence-corrected chi connectivity index (χ4v) is 1.11. The molecule has 0 spiro atoms. The maximum Gasteiger partial charge on any atom is 0.184 e. The Morgan fingerprint density at radius 2 is 1.75 bits per heavy atom. The summed E-state index contributed by atoms with van der Waals surface area (Å²) in [5.41, 5.74) is 0. The Morgan fingerprint density at radius 3 is 2.08 bits per heavy atom. The second kappa shape index (κ2) is 3.65. The minimum Gasteiger partial charge on any atom is -0.394 e. The molecule has 6 heteroatoms. The third-order valence-electron chi connectivity index (χ3n) is 1.84. The Balaban J connectivity index is 2.58. The molecule has 1 rings (SSSR count). The molecule has 0 aromatic heterocycles. The molecule has 5 atom stereocenters. The number of hydrogen-bond acceptors (Lipinski definition) is 6. The van der Waals surface area contributed by atoms with Crippen LogP contribution in [-0.2, 0) is 4.74 Å². The largest absolute Gasteiger partial charge is 0.394 e. The zero-order chi connectivity index (χ0) is 9.30. The van der Waals surface area contributed by atoms with Crippen molar-refractivity contribution in [2.24, 2.45) is 0 Å². The predicted octanol–water partition coefficient (Wildman–Crippen LogP) is -3.22. The molecule has 1 fully saturated rings. The van der Waals surface area contributed by atoms with E-state index in [4.69, 9.17) is 25.5 Å². The van der Waals surface area contributed by atoms with Gasteiger partial charge in [-0.05, 0) is 0 Å². The Labute approximate surface area is 68.6 Å². The molecule has 5 N–H and O–H groups in total. The molecule has 0 amide bonds. The van der Waals surface area contributed by atoms with E-state index in [1.807, 2.05) is 0 Å². The summed E-state index contributed by atoms with van der Waals surface area (Å²) in [5, 5.41) is 44.4. The van der Waals surface area contributed by atoms with E-state index < -0.39 is 37.3 Å². The van der Waals surface area contributed by atoms with E-state index >= 15 is 0 Å². The molecule has 0 saturated carbocycles. The lowest BCUT2D eigenvalue weighted by Crippen LogP contribution is -2.40. The number of rotatable bonds is 2. The van der Waals surface area contributed by atoms with E-state index in [0.717, 1.165) is 0 Å². The highest BCUT2D eigenvalue weighted by atomic mass is 16.6. The predicted molar refractivity (Wildman–Crippen MR) is 36.0 cm³/mol. The van der Waals surface area contributed by atoms with Crippen LogP contribution in [0.15, 0.2) is 0 Å². The van der Waals surface area contributed by atoms with Gasteiger partial charge in [0.1, 0.15) is 24.4 Å². The van der Waals surface area contributed by atoms with Crippen LogP contribution in [-0.4, -0.2) is 62.8 Å². The zero-order valence-electron chi connectivity index (χ0n) is 6.24. The van der Waals surface area contributed by atoms with E-state index in [2.05, 4.69) is 4.74 Å². The van der Waals surface area contributed by atoms with E-state index in [1.54, 1.807) is 0 Å². The molecule has 1 aliphatic heterocycles. The number of aliphatic hydroxyl groups excluding tert-OH is 5. The standard InChI is InChI=1S/C6H12O6/c7-1-2(8)5-3(9)4(10)6(11)12-5/h2-11H,1H2/t2-,3-,4?,5?,6+/m0/s1. The van der Waals surface area contributed by atoms with Crippen molar-refractivity contribution in [3.05, 3.63) is 0 Å². The van der Waals surface area contributed by atoms with Crippen molar-refractivity contribution >= 4 is 0 Å². The second-order valence-corrected chi connectivity index (χ2v) is 2.72. The first-order valence-corrected chi connectivity index (χ1v) is 3.56. The lowest BCUT2D eigenvalue weighted by molar-refractivity contribution is -0.150. The monoisotopic (exact) mass is 180 g/mol. The maximum atomic E-state index is 9.12. The Morgan fingerprint density at radius 1 is 1.17 bits per heavy atom. The summed E-state index contributed by atoms with van der Waals surface area (Å²) in [5.74, 6) is 0. The average Bonchev–Trinajstić information content (AvgIpc) is 2.32. The van der Waals surface area contributed by atoms with Gasteiger partial charge in [-0.1, -0.05) is 0 Å². The minimum absolute atomic E-state index is 0.596. The van der Waals surface area contributed by atoms with Gasteiger partial charge in [0.25, 0.3) is 0 Å². The van der Waals surface area contributed by atoms with Gasteiger partial charge in [-0.25, -0.2) is 0 Å². The third kappa shape index (κ3) is 1.58.